The zero-order valence-corrected chi connectivity index (χ0v) is 14.4. The highest BCUT2D eigenvalue weighted by Crippen LogP contribution is 2.20. The molecule has 0 radical (unpaired) electrons. The number of aryl methyl sites for hydroxylation is 1. The summed E-state index contributed by atoms with van der Waals surface area (Å²) in [7, 11) is -3.35. The Kier molecular flexibility index (Phi) is 5.11. The third kappa shape index (κ3) is 4.30. The lowest BCUT2D eigenvalue weighted by Gasteiger charge is -2.31. The van der Waals surface area contributed by atoms with E-state index in [0.717, 1.165) is 24.1 Å². The molecule has 0 bridgehead atoms. The zero-order chi connectivity index (χ0) is 17.0. The van der Waals surface area contributed by atoms with E-state index in [2.05, 4.69) is 10.2 Å². The third-order valence-electron chi connectivity index (χ3n) is 3.99. The molecule has 1 aliphatic heterocycles. The summed E-state index contributed by atoms with van der Waals surface area (Å²) in [5.41, 5.74) is 1.61. The number of nitrogens with zero attached hydrogens (tertiary/aromatic N) is 3. The lowest BCUT2D eigenvalue weighted by molar-refractivity contribution is 0.123. The molecule has 0 aliphatic carbocycles. The molecular formula is C17H21N3O3S. The third-order valence-corrected chi connectivity index (χ3v) is 5.80. The molecule has 24 heavy (non-hydrogen) atoms. The number of hydrogen-bond acceptors (Lipinski definition) is 5. The Hall–Kier alpha value is -1.99. The van der Waals surface area contributed by atoms with Crippen molar-refractivity contribution in [3.63, 3.8) is 0 Å². The molecule has 0 amide bonds. The second kappa shape index (κ2) is 7.27. The number of aromatic nitrogens is 2. The van der Waals surface area contributed by atoms with Crippen LogP contribution in [0.1, 0.15) is 24.1 Å². The molecule has 1 aromatic carbocycles. The van der Waals surface area contributed by atoms with Crippen LogP contribution in [-0.2, 0) is 15.8 Å². The normalized spacial score (nSPS) is 19.1. The Labute approximate surface area is 142 Å². The van der Waals surface area contributed by atoms with Crippen molar-refractivity contribution >= 4 is 10.0 Å². The van der Waals surface area contributed by atoms with Crippen molar-refractivity contribution in [1.82, 2.24) is 14.5 Å². The van der Waals surface area contributed by atoms with Gasteiger partial charge in [-0.2, -0.15) is 9.40 Å². The van der Waals surface area contributed by atoms with Gasteiger partial charge in [-0.15, -0.1) is 5.10 Å². The summed E-state index contributed by atoms with van der Waals surface area (Å²) in [6, 6.07) is 12.8. The van der Waals surface area contributed by atoms with Gasteiger partial charge in [0.2, 0.25) is 15.9 Å². The first-order chi connectivity index (χ1) is 11.5. The van der Waals surface area contributed by atoms with E-state index in [4.69, 9.17) is 4.74 Å². The summed E-state index contributed by atoms with van der Waals surface area (Å²) in [6.07, 6.45) is 1.39. The first-order valence-electron chi connectivity index (χ1n) is 8.02. The van der Waals surface area contributed by atoms with Gasteiger partial charge in [0.1, 0.15) is 6.10 Å². The van der Waals surface area contributed by atoms with E-state index in [9.17, 15) is 8.42 Å². The van der Waals surface area contributed by atoms with Gasteiger partial charge in [-0.1, -0.05) is 30.3 Å². The number of ether oxygens (including phenoxy) is 1. The molecular weight excluding hydrogens is 326 g/mol. The molecule has 1 aromatic heterocycles. The maximum Gasteiger partial charge on any atom is 0.233 e. The molecule has 0 N–H and O–H groups in total. The van der Waals surface area contributed by atoms with Crippen LogP contribution in [0.3, 0.4) is 0 Å². The van der Waals surface area contributed by atoms with Gasteiger partial charge in [0.15, 0.2) is 0 Å². The summed E-state index contributed by atoms with van der Waals surface area (Å²) in [5, 5.41) is 7.95. The fourth-order valence-corrected chi connectivity index (χ4v) is 4.35. The second-order valence-electron chi connectivity index (χ2n) is 5.99. The average molecular weight is 347 g/mol. The Balaban J connectivity index is 1.65. The van der Waals surface area contributed by atoms with E-state index < -0.39 is 10.0 Å². The maximum absolute atomic E-state index is 12.6. The number of sulfonamides is 1. The fraction of sp³-hybridized carbons (Fsp3) is 0.412. The largest absolute Gasteiger partial charge is 0.472 e. The number of piperidine rings is 1. The van der Waals surface area contributed by atoms with Gasteiger partial charge in [-0.05, 0) is 31.4 Å². The molecule has 128 valence electrons. The van der Waals surface area contributed by atoms with E-state index in [-0.39, 0.29) is 11.9 Å². The van der Waals surface area contributed by atoms with Crippen LogP contribution in [0.4, 0.5) is 0 Å². The summed E-state index contributed by atoms with van der Waals surface area (Å²) in [6.45, 7) is 2.74. The maximum atomic E-state index is 12.6. The van der Waals surface area contributed by atoms with Crippen LogP contribution >= 0.6 is 0 Å². The Morgan fingerprint density at radius 3 is 2.67 bits per heavy atom. The molecule has 1 aliphatic rings. The SMILES string of the molecule is Cc1ccc(OC2CCCN(S(=O)(=O)Cc3ccccc3)C2)nn1. The van der Waals surface area contributed by atoms with E-state index >= 15 is 0 Å². The molecule has 3 rings (SSSR count). The first-order valence-corrected chi connectivity index (χ1v) is 9.62. The molecule has 1 atom stereocenters. The van der Waals surface area contributed by atoms with E-state index in [1.54, 1.807) is 6.07 Å². The van der Waals surface area contributed by atoms with Crippen LogP contribution in [0.25, 0.3) is 0 Å². The molecule has 0 spiro atoms. The summed E-state index contributed by atoms with van der Waals surface area (Å²) >= 11 is 0. The first kappa shape index (κ1) is 16.9. The standard InChI is InChI=1S/C17H21N3O3S/c1-14-9-10-17(19-18-14)23-16-8-5-11-20(12-16)24(21,22)13-15-6-3-2-4-7-15/h2-4,6-7,9-10,16H,5,8,11-13H2,1H3. The molecule has 0 saturated carbocycles. The van der Waals surface area contributed by atoms with Gasteiger partial charge >= 0.3 is 0 Å². The van der Waals surface area contributed by atoms with Crippen LogP contribution in [0.5, 0.6) is 5.88 Å². The quantitative estimate of drug-likeness (QED) is 0.829. The number of benzene rings is 1. The van der Waals surface area contributed by atoms with Crippen LogP contribution < -0.4 is 4.74 Å². The van der Waals surface area contributed by atoms with Gasteiger partial charge in [0.05, 0.1) is 18.0 Å². The van der Waals surface area contributed by atoms with Gasteiger partial charge in [-0.25, -0.2) is 8.42 Å². The van der Waals surface area contributed by atoms with Crippen molar-refractivity contribution in [2.45, 2.75) is 31.6 Å². The molecule has 1 fully saturated rings. The number of rotatable bonds is 5. The topological polar surface area (TPSA) is 72.4 Å². The fourth-order valence-electron chi connectivity index (χ4n) is 2.75. The van der Waals surface area contributed by atoms with Crippen molar-refractivity contribution in [3.8, 4) is 5.88 Å². The summed E-state index contributed by atoms with van der Waals surface area (Å²) < 4.78 is 32.6. The Morgan fingerprint density at radius 1 is 1.17 bits per heavy atom. The van der Waals surface area contributed by atoms with Gasteiger partial charge in [0.25, 0.3) is 0 Å². The van der Waals surface area contributed by atoms with E-state index in [1.807, 2.05) is 43.3 Å². The van der Waals surface area contributed by atoms with Crippen molar-refractivity contribution in [1.29, 1.82) is 0 Å². The predicted octanol–water partition coefficient (Wildman–Crippen LogP) is 2.16. The highest BCUT2D eigenvalue weighted by molar-refractivity contribution is 7.88. The predicted molar refractivity (Wildman–Crippen MR) is 91.1 cm³/mol. The van der Waals surface area contributed by atoms with Crippen LogP contribution in [0.2, 0.25) is 0 Å². The molecule has 2 aromatic rings. The minimum absolute atomic E-state index is 0.0187. The van der Waals surface area contributed by atoms with Gasteiger partial charge in [0, 0.05) is 12.6 Å². The van der Waals surface area contributed by atoms with Gasteiger partial charge < -0.3 is 4.74 Å². The highest BCUT2D eigenvalue weighted by atomic mass is 32.2. The Morgan fingerprint density at radius 2 is 1.96 bits per heavy atom. The van der Waals surface area contributed by atoms with E-state index in [0.29, 0.717) is 19.0 Å². The molecule has 6 nitrogen and oxygen atoms in total. The highest BCUT2D eigenvalue weighted by Gasteiger charge is 2.30. The van der Waals surface area contributed by atoms with Crippen LogP contribution in [0, 0.1) is 6.92 Å². The average Bonchev–Trinajstić information content (AvgIpc) is 2.58. The van der Waals surface area contributed by atoms with Crippen molar-refractivity contribution in [2.24, 2.45) is 0 Å². The molecule has 7 heteroatoms. The zero-order valence-electron chi connectivity index (χ0n) is 13.6. The monoisotopic (exact) mass is 347 g/mol. The van der Waals surface area contributed by atoms with Crippen molar-refractivity contribution < 1.29 is 13.2 Å². The Bertz CT molecular complexity index is 763. The minimum Gasteiger partial charge on any atom is -0.472 e. The molecule has 1 unspecified atom stereocenters. The van der Waals surface area contributed by atoms with Crippen molar-refractivity contribution in [3.05, 3.63) is 53.7 Å². The minimum atomic E-state index is -3.35. The summed E-state index contributed by atoms with van der Waals surface area (Å²) in [4.78, 5) is 0. The second-order valence-corrected chi connectivity index (χ2v) is 7.96. The van der Waals surface area contributed by atoms with Gasteiger partial charge in [-0.3, -0.25) is 0 Å². The van der Waals surface area contributed by atoms with Crippen LogP contribution in [0.15, 0.2) is 42.5 Å². The lowest BCUT2D eigenvalue weighted by Crippen LogP contribution is -2.44. The lowest BCUT2D eigenvalue weighted by atomic mass is 10.1. The van der Waals surface area contributed by atoms with Crippen LogP contribution in [-0.4, -0.2) is 42.1 Å². The molecule has 1 saturated heterocycles. The summed E-state index contributed by atoms with van der Waals surface area (Å²) in [5.74, 6) is 0.457. The van der Waals surface area contributed by atoms with E-state index in [1.165, 1.54) is 4.31 Å². The number of hydrogen-bond donors (Lipinski definition) is 0. The molecule has 2 heterocycles. The van der Waals surface area contributed by atoms with Crippen molar-refractivity contribution in [2.75, 3.05) is 13.1 Å². The smallest absolute Gasteiger partial charge is 0.233 e.